The first kappa shape index (κ1) is 18.2. The lowest BCUT2D eigenvalue weighted by Gasteiger charge is -2.07. The van der Waals surface area contributed by atoms with Crippen LogP contribution in [0.1, 0.15) is 5.56 Å². The van der Waals surface area contributed by atoms with Crippen LogP contribution in [0.2, 0.25) is 15.1 Å². The van der Waals surface area contributed by atoms with Gasteiger partial charge in [0, 0.05) is 23.5 Å². The van der Waals surface area contributed by atoms with E-state index in [2.05, 4.69) is 10.6 Å². The van der Waals surface area contributed by atoms with Crippen LogP contribution in [0.5, 0.6) is 0 Å². The molecular weight excluding hydrogens is 369 g/mol. The third-order valence-electron chi connectivity index (χ3n) is 3.07. The molecule has 0 aliphatic rings. The summed E-state index contributed by atoms with van der Waals surface area (Å²) in [7, 11) is 0. The largest absolute Gasteiger partial charge is 0.360 e. The lowest BCUT2D eigenvalue weighted by Crippen LogP contribution is -2.24. The number of amides is 1. The number of rotatable bonds is 5. The van der Waals surface area contributed by atoms with Gasteiger partial charge in [-0.1, -0.05) is 53.0 Å². The fourth-order valence-electron chi connectivity index (χ4n) is 1.80. The van der Waals surface area contributed by atoms with Crippen LogP contribution in [0.25, 0.3) is 0 Å². The highest BCUT2D eigenvalue weighted by atomic mass is 35.5. The Morgan fingerprint density at radius 3 is 2.50 bits per heavy atom. The Morgan fingerprint density at radius 1 is 1.08 bits per heavy atom. The van der Waals surface area contributed by atoms with E-state index in [1.807, 2.05) is 12.1 Å². The first-order valence-corrected chi connectivity index (χ1v) is 7.98. The molecule has 24 heavy (non-hydrogen) atoms. The number of nitrogens with zero attached hydrogens (tertiary/aromatic N) is 1. The van der Waals surface area contributed by atoms with Gasteiger partial charge in [-0.25, -0.2) is 0 Å². The van der Waals surface area contributed by atoms with Gasteiger partial charge in [0.15, 0.2) is 0 Å². The zero-order valence-corrected chi connectivity index (χ0v) is 14.6. The molecule has 0 heterocycles. The van der Waals surface area contributed by atoms with Crippen LogP contribution in [0.3, 0.4) is 0 Å². The Hall–Kier alpha value is -2.19. The van der Waals surface area contributed by atoms with Crippen LogP contribution in [0.4, 0.5) is 5.69 Å². The van der Waals surface area contributed by atoms with Gasteiger partial charge in [-0.05, 0) is 29.8 Å². The maximum atomic E-state index is 12.1. The van der Waals surface area contributed by atoms with Gasteiger partial charge < -0.3 is 10.6 Å². The third-order valence-corrected chi connectivity index (χ3v) is 4.17. The van der Waals surface area contributed by atoms with Gasteiger partial charge >= 0.3 is 0 Å². The molecule has 4 nitrogen and oxygen atoms in total. The molecule has 0 aliphatic carbocycles. The lowest BCUT2D eigenvalue weighted by atomic mass is 10.2. The molecule has 0 saturated carbocycles. The summed E-state index contributed by atoms with van der Waals surface area (Å²) in [6, 6.07) is 13.9. The molecule has 0 unspecified atom stereocenters. The number of nitriles is 1. The second-order valence-corrected chi connectivity index (χ2v) is 5.94. The topological polar surface area (TPSA) is 64.9 Å². The Labute approximate surface area is 154 Å². The van der Waals surface area contributed by atoms with Crippen LogP contribution in [-0.4, -0.2) is 5.91 Å². The van der Waals surface area contributed by atoms with Crippen molar-refractivity contribution < 1.29 is 4.79 Å². The minimum atomic E-state index is -0.509. The molecule has 7 heteroatoms. The summed E-state index contributed by atoms with van der Waals surface area (Å²) in [5.41, 5.74) is 1.30. The van der Waals surface area contributed by atoms with E-state index in [0.717, 1.165) is 5.56 Å². The van der Waals surface area contributed by atoms with E-state index in [1.54, 1.807) is 36.4 Å². The van der Waals surface area contributed by atoms with Crippen LogP contribution in [-0.2, 0) is 11.3 Å². The monoisotopic (exact) mass is 379 g/mol. The van der Waals surface area contributed by atoms with E-state index >= 15 is 0 Å². The van der Waals surface area contributed by atoms with Crippen molar-refractivity contribution in [2.24, 2.45) is 0 Å². The summed E-state index contributed by atoms with van der Waals surface area (Å²) in [5.74, 6) is -0.509. The summed E-state index contributed by atoms with van der Waals surface area (Å²) in [6.07, 6.45) is 1.31. The zero-order chi connectivity index (χ0) is 17.5. The summed E-state index contributed by atoms with van der Waals surface area (Å²) >= 11 is 17.8. The predicted molar refractivity (Wildman–Crippen MR) is 97.1 cm³/mol. The number of carbonyl (C=O) groups excluding carboxylic acids is 1. The summed E-state index contributed by atoms with van der Waals surface area (Å²) in [4.78, 5) is 12.1. The first-order valence-electron chi connectivity index (χ1n) is 6.84. The molecule has 122 valence electrons. The van der Waals surface area contributed by atoms with Gasteiger partial charge in [-0.3, -0.25) is 4.79 Å². The highest BCUT2D eigenvalue weighted by Gasteiger charge is 2.09. The van der Waals surface area contributed by atoms with E-state index in [4.69, 9.17) is 40.1 Å². The average molecular weight is 381 g/mol. The molecule has 0 atom stereocenters. The van der Waals surface area contributed by atoms with Gasteiger partial charge in [0.05, 0.1) is 10.0 Å². The lowest BCUT2D eigenvalue weighted by molar-refractivity contribution is -0.117. The maximum absolute atomic E-state index is 12.1. The van der Waals surface area contributed by atoms with Crippen LogP contribution in [0, 0.1) is 11.3 Å². The first-order chi connectivity index (χ1) is 11.5. The molecule has 1 amide bonds. The van der Waals surface area contributed by atoms with Gasteiger partial charge in [-0.15, -0.1) is 0 Å². The number of nitrogens with one attached hydrogen (secondary N) is 2. The standard InChI is InChI=1S/C17H12Cl3N3O/c18-14-4-2-1-3-11(14)9-23-17(24)12(8-21)10-22-13-5-6-15(19)16(20)7-13/h1-7,10,22H,9H2,(H,23,24)/b12-10-. The number of carbonyl (C=O) groups is 1. The smallest absolute Gasteiger partial charge is 0.263 e. The second-order valence-electron chi connectivity index (χ2n) is 4.72. The number of halogens is 3. The average Bonchev–Trinajstić information content (AvgIpc) is 2.57. The predicted octanol–water partition coefficient (Wildman–Crippen LogP) is 4.78. The molecule has 2 aromatic carbocycles. The Morgan fingerprint density at radius 2 is 1.83 bits per heavy atom. The molecule has 0 bridgehead atoms. The van der Waals surface area contributed by atoms with Crippen molar-refractivity contribution in [3.05, 3.63) is 74.9 Å². The molecule has 0 aromatic heterocycles. The summed E-state index contributed by atoms with van der Waals surface area (Å²) < 4.78 is 0. The highest BCUT2D eigenvalue weighted by molar-refractivity contribution is 6.42. The molecular formula is C17H12Cl3N3O. The molecule has 0 spiro atoms. The quantitative estimate of drug-likeness (QED) is 0.579. The molecule has 0 radical (unpaired) electrons. The van der Waals surface area contributed by atoms with Gasteiger partial charge in [-0.2, -0.15) is 5.26 Å². The number of hydrogen-bond donors (Lipinski definition) is 2. The molecule has 0 fully saturated rings. The fourth-order valence-corrected chi connectivity index (χ4v) is 2.30. The van der Waals surface area contributed by atoms with Crippen LogP contribution < -0.4 is 10.6 Å². The Kier molecular flexibility index (Phi) is 6.51. The Bertz CT molecular complexity index is 828. The van der Waals surface area contributed by atoms with Gasteiger partial charge in [0.1, 0.15) is 11.6 Å². The van der Waals surface area contributed by atoms with E-state index in [0.29, 0.717) is 20.8 Å². The number of anilines is 1. The minimum absolute atomic E-state index is 0.0758. The number of benzene rings is 2. The van der Waals surface area contributed by atoms with Crippen molar-refractivity contribution in [1.29, 1.82) is 5.26 Å². The van der Waals surface area contributed by atoms with E-state index in [1.165, 1.54) is 6.20 Å². The maximum Gasteiger partial charge on any atom is 0.263 e. The number of hydrogen-bond acceptors (Lipinski definition) is 3. The van der Waals surface area contributed by atoms with Crippen LogP contribution >= 0.6 is 34.8 Å². The van der Waals surface area contributed by atoms with Crippen LogP contribution in [0.15, 0.2) is 54.2 Å². The second kappa shape index (κ2) is 8.60. The molecule has 2 N–H and O–H groups in total. The van der Waals surface area contributed by atoms with Crippen molar-refractivity contribution >= 4 is 46.4 Å². The van der Waals surface area contributed by atoms with Crippen molar-refractivity contribution in [2.75, 3.05) is 5.32 Å². The molecule has 0 aliphatic heterocycles. The Balaban J connectivity index is 2.01. The van der Waals surface area contributed by atoms with Gasteiger partial charge in [0.25, 0.3) is 5.91 Å². The van der Waals surface area contributed by atoms with E-state index in [-0.39, 0.29) is 12.1 Å². The van der Waals surface area contributed by atoms with Crippen molar-refractivity contribution in [3.63, 3.8) is 0 Å². The molecule has 0 saturated heterocycles. The van der Waals surface area contributed by atoms with E-state index < -0.39 is 5.91 Å². The van der Waals surface area contributed by atoms with Crippen molar-refractivity contribution in [1.82, 2.24) is 5.32 Å². The third kappa shape index (κ3) is 4.90. The minimum Gasteiger partial charge on any atom is -0.360 e. The SMILES string of the molecule is N#C/C(=C/Nc1ccc(Cl)c(Cl)c1)C(=O)NCc1ccccc1Cl. The highest BCUT2D eigenvalue weighted by Crippen LogP contribution is 2.25. The van der Waals surface area contributed by atoms with Crippen molar-refractivity contribution in [2.45, 2.75) is 6.54 Å². The fraction of sp³-hybridized carbons (Fsp3) is 0.0588. The summed E-state index contributed by atoms with van der Waals surface area (Å²) in [5, 5.41) is 16.0. The molecule has 2 aromatic rings. The van der Waals surface area contributed by atoms with Gasteiger partial charge in [0.2, 0.25) is 0 Å². The molecule has 2 rings (SSSR count). The summed E-state index contributed by atoms with van der Waals surface area (Å²) in [6.45, 7) is 0.226. The zero-order valence-electron chi connectivity index (χ0n) is 12.3. The van der Waals surface area contributed by atoms with Crippen molar-refractivity contribution in [3.8, 4) is 6.07 Å². The van der Waals surface area contributed by atoms with E-state index in [9.17, 15) is 4.79 Å². The normalized spacial score (nSPS) is 10.8.